The van der Waals surface area contributed by atoms with Gasteiger partial charge in [-0.15, -0.1) is 0 Å². The monoisotopic (exact) mass is 243 g/mol. The van der Waals surface area contributed by atoms with Crippen molar-refractivity contribution < 1.29 is 9.84 Å². The van der Waals surface area contributed by atoms with Gasteiger partial charge in [-0.1, -0.05) is 36.4 Å². The van der Waals surface area contributed by atoms with E-state index in [1.54, 1.807) is 0 Å². The summed E-state index contributed by atoms with van der Waals surface area (Å²) in [7, 11) is 0. The molecule has 0 aliphatic carbocycles. The predicted molar refractivity (Wildman–Crippen MR) is 72.4 cm³/mol. The average molecular weight is 243 g/mol. The Morgan fingerprint density at radius 2 is 1.44 bits per heavy atom. The second-order valence-electron chi connectivity index (χ2n) is 4.00. The van der Waals surface area contributed by atoms with Gasteiger partial charge in [0.15, 0.2) is 0 Å². The van der Waals surface area contributed by atoms with E-state index < -0.39 is 0 Å². The summed E-state index contributed by atoms with van der Waals surface area (Å²) in [6, 6.07) is 16.0. The summed E-state index contributed by atoms with van der Waals surface area (Å²) in [5.41, 5.74) is 8.98. The van der Waals surface area contributed by atoms with Gasteiger partial charge in [0.2, 0.25) is 0 Å². The van der Waals surface area contributed by atoms with Crippen molar-refractivity contribution >= 4 is 0 Å². The minimum absolute atomic E-state index is 0.0301. The maximum Gasteiger partial charge on any atom is 0.119 e. The zero-order chi connectivity index (χ0) is 12.8. The summed E-state index contributed by atoms with van der Waals surface area (Å²) in [5.74, 6) is 0.770. The Balaban J connectivity index is 2.12. The number of hydrogen-bond acceptors (Lipinski definition) is 3. The molecule has 0 amide bonds. The van der Waals surface area contributed by atoms with Gasteiger partial charge in [0.05, 0.1) is 6.61 Å². The van der Waals surface area contributed by atoms with Crippen molar-refractivity contribution in [3.05, 3.63) is 54.1 Å². The second-order valence-corrected chi connectivity index (χ2v) is 4.00. The number of hydrogen-bond donors (Lipinski definition) is 2. The van der Waals surface area contributed by atoms with Crippen LogP contribution in [-0.2, 0) is 6.54 Å². The highest BCUT2D eigenvalue weighted by atomic mass is 16.5. The molecule has 0 radical (unpaired) electrons. The average Bonchev–Trinajstić information content (AvgIpc) is 2.46. The van der Waals surface area contributed by atoms with E-state index in [9.17, 15) is 0 Å². The first-order valence-electron chi connectivity index (χ1n) is 5.96. The van der Waals surface area contributed by atoms with Crippen molar-refractivity contribution in [1.82, 2.24) is 0 Å². The summed E-state index contributed by atoms with van der Waals surface area (Å²) < 4.78 is 5.32. The van der Waals surface area contributed by atoms with Crippen molar-refractivity contribution in [2.24, 2.45) is 5.73 Å². The van der Waals surface area contributed by atoms with Crippen molar-refractivity contribution in [1.29, 1.82) is 0 Å². The van der Waals surface area contributed by atoms with Gasteiger partial charge in [0.25, 0.3) is 0 Å². The van der Waals surface area contributed by atoms with Crippen LogP contribution in [0.25, 0.3) is 11.1 Å². The first kappa shape index (κ1) is 12.6. The molecule has 0 aromatic heterocycles. The van der Waals surface area contributed by atoms with Crippen LogP contribution in [0.15, 0.2) is 48.5 Å². The zero-order valence-corrected chi connectivity index (χ0v) is 10.2. The maximum absolute atomic E-state index is 8.67. The van der Waals surface area contributed by atoms with Gasteiger partial charge in [0.1, 0.15) is 12.4 Å². The van der Waals surface area contributed by atoms with Crippen molar-refractivity contribution in [2.45, 2.75) is 6.54 Å². The van der Waals surface area contributed by atoms with Gasteiger partial charge in [0, 0.05) is 6.54 Å². The number of benzene rings is 2. The zero-order valence-electron chi connectivity index (χ0n) is 10.2. The molecular weight excluding hydrogens is 226 g/mol. The van der Waals surface area contributed by atoms with Gasteiger partial charge in [-0.05, 0) is 28.8 Å². The lowest BCUT2D eigenvalue weighted by molar-refractivity contribution is 0.201. The fourth-order valence-corrected chi connectivity index (χ4v) is 1.74. The molecular formula is C15H17NO2. The highest BCUT2D eigenvalue weighted by Crippen LogP contribution is 2.22. The van der Waals surface area contributed by atoms with E-state index >= 15 is 0 Å². The SMILES string of the molecule is NCc1ccc(-c2ccc(OCCO)cc2)cc1. The molecule has 0 spiro atoms. The van der Waals surface area contributed by atoms with Crippen LogP contribution in [-0.4, -0.2) is 18.3 Å². The van der Waals surface area contributed by atoms with Gasteiger partial charge >= 0.3 is 0 Å². The molecule has 3 nitrogen and oxygen atoms in total. The molecule has 0 unspecified atom stereocenters. The molecule has 0 saturated carbocycles. The summed E-state index contributed by atoms with van der Waals surface area (Å²) in [6.07, 6.45) is 0. The topological polar surface area (TPSA) is 55.5 Å². The Bertz CT molecular complexity index is 477. The standard InChI is InChI=1S/C15H17NO2/c16-11-12-1-3-13(4-2-12)14-5-7-15(8-6-14)18-10-9-17/h1-8,17H,9-11,16H2. The van der Waals surface area contributed by atoms with E-state index in [1.807, 2.05) is 36.4 Å². The lowest BCUT2D eigenvalue weighted by Gasteiger charge is -2.06. The first-order valence-corrected chi connectivity index (χ1v) is 5.96. The van der Waals surface area contributed by atoms with Crippen LogP contribution in [0.3, 0.4) is 0 Å². The smallest absolute Gasteiger partial charge is 0.119 e. The van der Waals surface area contributed by atoms with Crippen LogP contribution in [0.1, 0.15) is 5.56 Å². The number of nitrogens with two attached hydrogens (primary N) is 1. The normalized spacial score (nSPS) is 10.3. The van der Waals surface area contributed by atoms with Gasteiger partial charge in [-0.25, -0.2) is 0 Å². The third-order valence-corrected chi connectivity index (χ3v) is 2.74. The van der Waals surface area contributed by atoms with E-state index in [2.05, 4.69) is 12.1 Å². The molecule has 0 fully saturated rings. The quantitative estimate of drug-likeness (QED) is 0.846. The van der Waals surface area contributed by atoms with Crippen LogP contribution in [0.5, 0.6) is 5.75 Å². The first-order chi connectivity index (χ1) is 8.83. The van der Waals surface area contributed by atoms with Crippen LogP contribution in [0.4, 0.5) is 0 Å². The van der Waals surface area contributed by atoms with Crippen molar-refractivity contribution in [2.75, 3.05) is 13.2 Å². The molecule has 3 heteroatoms. The summed E-state index contributed by atoms with van der Waals surface area (Å²) >= 11 is 0. The molecule has 2 aromatic carbocycles. The van der Waals surface area contributed by atoms with Gasteiger partial charge in [-0.2, -0.15) is 0 Å². The fourth-order valence-electron chi connectivity index (χ4n) is 1.74. The van der Waals surface area contributed by atoms with Gasteiger partial charge in [-0.3, -0.25) is 0 Å². The third kappa shape index (κ3) is 3.09. The van der Waals surface area contributed by atoms with E-state index in [0.717, 1.165) is 22.4 Å². The molecule has 94 valence electrons. The largest absolute Gasteiger partial charge is 0.491 e. The van der Waals surface area contributed by atoms with E-state index in [0.29, 0.717) is 13.2 Å². The second kappa shape index (κ2) is 6.19. The summed E-state index contributed by atoms with van der Waals surface area (Å²) in [4.78, 5) is 0. The van der Waals surface area contributed by atoms with Crippen LogP contribution < -0.4 is 10.5 Å². The number of ether oxygens (including phenoxy) is 1. The Hall–Kier alpha value is -1.84. The van der Waals surface area contributed by atoms with Crippen molar-refractivity contribution in [3.63, 3.8) is 0 Å². The highest BCUT2D eigenvalue weighted by molar-refractivity contribution is 5.64. The Kier molecular flexibility index (Phi) is 4.34. The van der Waals surface area contributed by atoms with Crippen LogP contribution in [0.2, 0.25) is 0 Å². The highest BCUT2D eigenvalue weighted by Gasteiger charge is 1.99. The fraction of sp³-hybridized carbons (Fsp3) is 0.200. The molecule has 2 aromatic rings. The summed E-state index contributed by atoms with van der Waals surface area (Å²) in [6.45, 7) is 0.918. The lowest BCUT2D eigenvalue weighted by Crippen LogP contribution is -2.01. The van der Waals surface area contributed by atoms with Crippen molar-refractivity contribution in [3.8, 4) is 16.9 Å². The van der Waals surface area contributed by atoms with Gasteiger partial charge < -0.3 is 15.6 Å². The molecule has 3 N–H and O–H groups in total. The number of rotatable bonds is 5. The lowest BCUT2D eigenvalue weighted by atomic mass is 10.0. The molecule has 18 heavy (non-hydrogen) atoms. The molecule has 0 atom stereocenters. The molecule has 2 rings (SSSR count). The minimum Gasteiger partial charge on any atom is -0.491 e. The molecule has 0 heterocycles. The Labute approximate surface area is 107 Å². The number of aliphatic hydroxyl groups is 1. The van der Waals surface area contributed by atoms with E-state index in [4.69, 9.17) is 15.6 Å². The minimum atomic E-state index is 0.0301. The van der Waals surface area contributed by atoms with Crippen LogP contribution >= 0.6 is 0 Å². The molecule has 0 aliphatic rings. The molecule has 0 saturated heterocycles. The summed E-state index contributed by atoms with van der Waals surface area (Å²) in [5, 5.41) is 8.67. The van der Waals surface area contributed by atoms with E-state index in [1.165, 1.54) is 0 Å². The van der Waals surface area contributed by atoms with Crippen LogP contribution in [0, 0.1) is 0 Å². The Morgan fingerprint density at radius 1 is 0.889 bits per heavy atom. The van der Waals surface area contributed by atoms with E-state index in [-0.39, 0.29) is 6.61 Å². The predicted octanol–water partition coefficient (Wildman–Crippen LogP) is 2.18. The molecule has 0 bridgehead atoms. The third-order valence-electron chi connectivity index (χ3n) is 2.74. The maximum atomic E-state index is 8.67. The number of aliphatic hydroxyl groups excluding tert-OH is 1. The Morgan fingerprint density at radius 3 is 1.94 bits per heavy atom. The molecule has 0 aliphatic heterocycles.